The van der Waals surface area contributed by atoms with Crippen molar-refractivity contribution in [1.29, 1.82) is 0 Å². The number of hydrogen-bond acceptors (Lipinski definition) is 7. The van der Waals surface area contributed by atoms with E-state index in [0.29, 0.717) is 35.2 Å². The van der Waals surface area contributed by atoms with Gasteiger partial charge in [-0.15, -0.1) is 11.3 Å². The molecule has 0 saturated heterocycles. The molecule has 0 unspecified atom stereocenters. The zero-order valence-electron chi connectivity index (χ0n) is 19.8. The smallest absolute Gasteiger partial charge is 0.284 e. The molecule has 0 spiro atoms. The second-order valence-corrected chi connectivity index (χ2v) is 9.74. The summed E-state index contributed by atoms with van der Waals surface area (Å²) in [6, 6.07) is 12.8. The molecule has 180 valence electrons. The van der Waals surface area contributed by atoms with Crippen molar-refractivity contribution < 1.29 is 19.1 Å². The van der Waals surface area contributed by atoms with Crippen LogP contribution in [0.4, 0.5) is 5.69 Å². The van der Waals surface area contributed by atoms with Crippen LogP contribution in [0.25, 0.3) is 10.2 Å². The molecular weight excluding hydrogens is 452 g/mol. The molecule has 0 saturated carbocycles. The maximum atomic E-state index is 13.4. The number of rotatable bonds is 3. The molecule has 4 rings (SSSR count). The number of aromatic nitrogens is 1. The van der Waals surface area contributed by atoms with Crippen molar-refractivity contribution in [3.05, 3.63) is 53.0 Å². The Morgan fingerprint density at radius 3 is 2.82 bits per heavy atom. The number of anilines is 1. The molecule has 3 atom stereocenters. The number of carbonyl (C=O) groups excluding carboxylic acids is 2. The summed E-state index contributed by atoms with van der Waals surface area (Å²) in [4.78, 5) is 32.3. The van der Waals surface area contributed by atoms with E-state index < -0.39 is 0 Å². The van der Waals surface area contributed by atoms with Crippen LogP contribution in [-0.4, -0.2) is 67.7 Å². The summed E-state index contributed by atoms with van der Waals surface area (Å²) in [5, 5.41) is 6.71. The van der Waals surface area contributed by atoms with Gasteiger partial charge in [0.05, 0.1) is 21.9 Å². The van der Waals surface area contributed by atoms with Crippen molar-refractivity contribution in [3.63, 3.8) is 0 Å². The lowest BCUT2D eigenvalue weighted by Gasteiger charge is -2.30. The van der Waals surface area contributed by atoms with E-state index in [1.165, 1.54) is 11.3 Å². The van der Waals surface area contributed by atoms with Gasteiger partial charge in [0.2, 0.25) is 0 Å². The van der Waals surface area contributed by atoms with Gasteiger partial charge in [-0.25, -0.2) is 4.98 Å². The fraction of sp³-hybridized carbons (Fsp3) is 0.400. The van der Waals surface area contributed by atoms with Crippen molar-refractivity contribution in [2.75, 3.05) is 39.2 Å². The van der Waals surface area contributed by atoms with Gasteiger partial charge in [-0.3, -0.25) is 9.59 Å². The number of carbonyl (C=O) groups is 2. The number of hydrogen-bond donors (Lipinski definition) is 2. The van der Waals surface area contributed by atoms with Gasteiger partial charge in [-0.1, -0.05) is 19.1 Å². The summed E-state index contributed by atoms with van der Waals surface area (Å²) in [6.45, 7) is 5.75. The van der Waals surface area contributed by atoms with Crippen LogP contribution in [0.3, 0.4) is 0 Å². The van der Waals surface area contributed by atoms with Gasteiger partial charge in [0.25, 0.3) is 11.8 Å². The summed E-state index contributed by atoms with van der Waals surface area (Å²) in [5.74, 6) is 0.177. The van der Waals surface area contributed by atoms with Crippen LogP contribution >= 0.6 is 11.3 Å². The molecule has 1 aliphatic heterocycles. The lowest BCUT2D eigenvalue weighted by molar-refractivity contribution is 0.0281. The molecule has 2 amide bonds. The van der Waals surface area contributed by atoms with E-state index in [1.54, 1.807) is 37.3 Å². The first kappa shape index (κ1) is 24.1. The first-order valence-corrected chi connectivity index (χ1v) is 12.1. The van der Waals surface area contributed by atoms with E-state index >= 15 is 0 Å². The summed E-state index contributed by atoms with van der Waals surface area (Å²) in [7, 11) is 3.42. The molecule has 2 N–H and O–H groups in total. The van der Waals surface area contributed by atoms with Gasteiger partial charge in [-0.05, 0) is 43.2 Å². The minimum absolute atomic E-state index is 0.0958. The quantitative estimate of drug-likeness (QED) is 0.592. The average molecular weight is 483 g/mol. The number of methoxy groups -OCH3 is 1. The van der Waals surface area contributed by atoms with Gasteiger partial charge in [0, 0.05) is 39.0 Å². The van der Waals surface area contributed by atoms with E-state index in [-0.39, 0.29) is 29.9 Å². The molecule has 2 aromatic carbocycles. The topological polar surface area (TPSA) is 92.8 Å². The number of fused-ring (bicyclic) bond motifs is 2. The summed E-state index contributed by atoms with van der Waals surface area (Å²) < 4.78 is 12.6. The Kier molecular flexibility index (Phi) is 7.45. The second kappa shape index (κ2) is 10.5. The van der Waals surface area contributed by atoms with Crippen molar-refractivity contribution in [2.45, 2.75) is 26.0 Å². The van der Waals surface area contributed by atoms with Gasteiger partial charge in [-0.2, -0.15) is 0 Å². The molecule has 0 aliphatic carbocycles. The largest absolute Gasteiger partial charge is 0.491 e. The molecule has 9 heteroatoms. The Balaban J connectivity index is 1.60. The van der Waals surface area contributed by atoms with Gasteiger partial charge >= 0.3 is 0 Å². The van der Waals surface area contributed by atoms with Crippen LogP contribution in [0, 0.1) is 5.92 Å². The van der Waals surface area contributed by atoms with E-state index in [1.807, 2.05) is 31.2 Å². The molecule has 1 aromatic heterocycles. The lowest BCUT2D eigenvalue weighted by Crippen LogP contribution is -2.44. The molecule has 0 fully saturated rings. The number of nitrogens with zero attached hydrogens (tertiary/aromatic N) is 2. The van der Waals surface area contributed by atoms with Crippen molar-refractivity contribution in [2.24, 2.45) is 5.92 Å². The van der Waals surface area contributed by atoms with Crippen molar-refractivity contribution in [1.82, 2.24) is 15.2 Å². The Labute approximate surface area is 203 Å². The highest BCUT2D eigenvalue weighted by Crippen LogP contribution is 2.27. The number of likely N-dealkylation sites (N-methyl/N-ethyl adjacent to an activating group) is 1. The number of thiazole rings is 1. The standard InChI is InChI=1S/C25H30N4O4S/c1-15-12-26-16(2)14-33-20-10-9-17(11-18(20)25(31)29(3)13-21(15)32-4)27-23(30)24-28-19-7-5-6-8-22(19)34-24/h5-11,15-16,21,26H,12-14H2,1-4H3,(H,27,30)/t15-,16+,21-/m1/s1. The average Bonchev–Trinajstić information content (AvgIpc) is 3.28. The molecule has 8 nitrogen and oxygen atoms in total. The Bertz CT molecular complexity index is 1150. The van der Waals surface area contributed by atoms with Gasteiger partial charge < -0.3 is 25.0 Å². The van der Waals surface area contributed by atoms with Crippen LogP contribution < -0.4 is 15.4 Å². The van der Waals surface area contributed by atoms with E-state index in [0.717, 1.165) is 16.8 Å². The predicted octanol–water partition coefficient (Wildman–Crippen LogP) is 3.64. The number of benzene rings is 2. The highest BCUT2D eigenvalue weighted by Gasteiger charge is 2.26. The van der Waals surface area contributed by atoms with Gasteiger partial charge in [0.15, 0.2) is 5.01 Å². The summed E-state index contributed by atoms with van der Waals surface area (Å²) in [5.41, 5.74) is 1.67. The Morgan fingerprint density at radius 2 is 2.06 bits per heavy atom. The molecule has 0 radical (unpaired) electrons. The number of amides is 2. The van der Waals surface area contributed by atoms with Crippen LogP contribution in [0.5, 0.6) is 5.75 Å². The highest BCUT2D eigenvalue weighted by molar-refractivity contribution is 7.20. The highest BCUT2D eigenvalue weighted by atomic mass is 32.1. The van der Waals surface area contributed by atoms with Gasteiger partial charge in [0.1, 0.15) is 12.4 Å². The Hall–Kier alpha value is -3.01. The van der Waals surface area contributed by atoms with Crippen molar-refractivity contribution >= 4 is 39.1 Å². The van der Waals surface area contributed by atoms with E-state index in [2.05, 4.69) is 22.5 Å². The zero-order chi connectivity index (χ0) is 24.2. The third-order valence-corrected chi connectivity index (χ3v) is 7.01. The third-order valence-electron chi connectivity index (χ3n) is 5.97. The first-order valence-electron chi connectivity index (χ1n) is 11.3. The monoisotopic (exact) mass is 482 g/mol. The maximum absolute atomic E-state index is 13.4. The fourth-order valence-corrected chi connectivity index (χ4v) is 4.75. The van der Waals surface area contributed by atoms with Crippen LogP contribution in [-0.2, 0) is 4.74 Å². The fourth-order valence-electron chi connectivity index (χ4n) is 3.89. The molecule has 34 heavy (non-hydrogen) atoms. The number of ether oxygens (including phenoxy) is 2. The second-order valence-electron chi connectivity index (χ2n) is 8.71. The zero-order valence-corrected chi connectivity index (χ0v) is 20.6. The summed E-state index contributed by atoms with van der Waals surface area (Å²) >= 11 is 1.33. The van der Waals surface area contributed by atoms with Crippen molar-refractivity contribution in [3.8, 4) is 5.75 Å². The molecule has 0 bridgehead atoms. The minimum atomic E-state index is -0.317. The molecule has 2 heterocycles. The van der Waals surface area contributed by atoms with Crippen LogP contribution in [0.15, 0.2) is 42.5 Å². The first-order chi connectivity index (χ1) is 16.4. The van der Waals surface area contributed by atoms with E-state index in [9.17, 15) is 9.59 Å². The maximum Gasteiger partial charge on any atom is 0.284 e. The Morgan fingerprint density at radius 1 is 1.26 bits per heavy atom. The molecule has 1 aliphatic rings. The minimum Gasteiger partial charge on any atom is -0.491 e. The summed E-state index contributed by atoms with van der Waals surface area (Å²) in [6.07, 6.45) is -0.112. The molecule has 3 aromatic rings. The van der Waals surface area contributed by atoms with Crippen LogP contribution in [0.2, 0.25) is 0 Å². The lowest BCUT2D eigenvalue weighted by atomic mass is 10.0. The van der Waals surface area contributed by atoms with Crippen LogP contribution in [0.1, 0.15) is 34.0 Å². The SMILES string of the molecule is CO[C@@H]1CN(C)C(=O)c2cc(NC(=O)c3nc4ccccc4s3)ccc2OC[C@H](C)NC[C@H]1C. The predicted molar refractivity (Wildman–Crippen MR) is 134 cm³/mol. The normalized spacial score (nSPS) is 21.8. The molecular formula is C25H30N4O4S. The number of para-hydroxylation sites is 1. The number of nitrogens with one attached hydrogen (secondary N) is 2. The third kappa shape index (κ3) is 5.38. The van der Waals surface area contributed by atoms with E-state index in [4.69, 9.17) is 9.47 Å².